The lowest BCUT2D eigenvalue weighted by molar-refractivity contribution is -0.114. The van der Waals surface area contributed by atoms with Gasteiger partial charge in [-0.25, -0.2) is 8.42 Å². The van der Waals surface area contributed by atoms with Crippen LogP contribution in [0.25, 0.3) is 0 Å². The van der Waals surface area contributed by atoms with E-state index in [0.717, 1.165) is 4.31 Å². The maximum Gasteiger partial charge on any atom is 0.264 e. The van der Waals surface area contributed by atoms with E-state index in [9.17, 15) is 13.2 Å². The largest absolute Gasteiger partial charge is 0.496 e. The SMILES string of the molecule is COc1ccc(S(=O)(=O)N(CC(=O)Nc2cccc(Cl)c2Cl)c2ccccc2)cc1C. The van der Waals surface area contributed by atoms with Crippen molar-refractivity contribution in [3.05, 3.63) is 82.3 Å². The number of hydrogen-bond acceptors (Lipinski definition) is 4. The van der Waals surface area contributed by atoms with Gasteiger partial charge in [0.05, 0.1) is 33.4 Å². The number of carbonyl (C=O) groups excluding carboxylic acids is 1. The first-order valence-electron chi connectivity index (χ1n) is 9.20. The van der Waals surface area contributed by atoms with Gasteiger partial charge in [-0.05, 0) is 55.0 Å². The molecule has 0 spiro atoms. The van der Waals surface area contributed by atoms with Gasteiger partial charge in [-0.1, -0.05) is 47.5 Å². The zero-order valence-electron chi connectivity index (χ0n) is 16.8. The van der Waals surface area contributed by atoms with Gasteiger partial charge in [0.1, 0.15) is 12.3 Å². The van der Waals surface area contributed by atoms with Crippen molar-refractivity contribution < 1.29 is 17.9 Å². The first-order chi connectivity index (χ1) is 14.7. The first kappa shape index (κ1) is 22.9. The first-order valence-corrected chi connectivity index (χ1v) is 11.4. The summed E-state index contributed by atoms with van der Waals surface area (Å²) in [4.78, 5) is 12.8. The minimum Gasteiger partial charge on any atom is -0.496 e. The number of nitrogens with zero attached hydrogens (tertiary/aromatic N) is 1. The molecule has 3 aromatic carbocycles. The molecule has 1 N–H and O–H groups in total. The number of halogens is 2. The second-order valence-corrected chi connectivity index (χ2v) is 9.28. The van der Waals surface area contributed by atoms with Crippen LogP contribution in [0.15, 0.2) is 71.6 Å². The Bertz CT molecular complexity index is 1200. The lowest BCUT2D eigenvalue weighted by Gasteiger charge is -2.24. The Morgan fingerprint density at radius 1 is 1.03 bits per heavy atom. The van der Waals surface area contributed by atoms with Crippen LogP contribution in [0, 0.1) is 6.92 Å². The normalized spacial score (nSPS) is 11.1. The molecule has 0 aliphatic rings. The number of benzene rings is 3. The fraction of sp³-hybridized carbons (Fsp3) is 0.136. The van der Waals surface area contributed by atoms with Crippen molar-refractivity contribution in [1.82, 2.24) is 0 Å². The summed E-state index contributed by atoms with van der Waals surface area (Å²) in [5.74, 6) is 0.000352. The number of methoxy groups -OCH3 is 1. The molecule has 9 heteroatoms. The smallest absolute Gasteiger partial charge is 0.264 e. The van der Waals surface area contributed by atoms with E-state index in [1.165, 1.54) is 19.2 Å². The summed E-state index contributed by atoms with van der Waals surface area (Å²) in [6.45, 7) is 1.29. The van der Waals surface area contributed by atoms with Crippen molar-refractivity contribution in [2.45, 2.75) is 11.8 Å². The highest BCUT2D eigenvalue weighted by Gasteiger charge is 2.28. The zero-order chi connectivity index (χ0) is 22.6. The molecule has 31 heavy (non-hydrogen) atoms. The van der Waals surface area contributed by atoms with E-state index in [1.807, 2.05) is 0 Å². The number of sulfonamides is 1. The standard InChI is InChI=1S/C22H20Cl2N2O4S/c1-15-13-17(11-12-20(15)30-2)31(28,29)26(16-7-4-3-5-8-16)14-21(27)25-19-10-6-9-18(23)22(19)24/h3-13H,14H2,1-2H3,(H,25,27). The highest BCUT2D eigenvalue weighted by Crippen LogP contribution is 2.30. The number of ether oxygens (including phenoxy) is 1. The minimum absolute atomic E-state index is 0.0447. The Morgan fingerprint density at radius 3 is 2.39 bits per heavy atom. The van der Waals surface area contributed by atoms with E-state index in [2.05, 4.69) is 5.32 Å². The van der Waals surface area contributed by atoms with E-state index >= 15 is 0 Å². The van der Waals surface area contributed by atoms with E-state index < -0.39 is 22.5 Å². The molecule has 0 atom stereocenters. The topological polar surface area (TPSA) is 75.7 Å². The second-order valence-electron chi connectivity index (χ2n) is 6.63. The third kappa shape index (κ3) is 5.12. The average molecular weight is 479 g/mol. The van der Waals surface area contributed by atoms with Crippen molar-refractivity contribution in [3.8, 4) is 5.75 Å². The Morgan fingerprint density at radius 2 is 1.74 bits per heavy atom. The van der Waals surface area contributed by atoms with E-state index in [1.54, 1.807) is 61.5 Å². The molecule has 0 aliphatic carbocycles. The molecule has 0 radical (unpaired) electrons. The molecule has 0 aromatic heterocycles. The predicted octanol–water partition coefficient (Wildman–Crippen LogP) is 5.14. The molecular formula is C22H20Cl2N2O4S. The number of aryl methyl sites for hydroxylation is 1. The van der Waals surface area contributed by atoms with Crippen molar-refractivity contribution in [2.24, 2.45) is 0 Å². The van der Waals surface area contributed by atoms with Crippen LogP contribution >= 0.6 is 23.2 Å². The Hall–Kier alpha value is -2.74. The molecule has 0 fully saturated rings. The minimum atomic E-state index is -4.05. The maximum absolute atomic E-state index is 13.5. The zero-order valence-corrected chi connectivity index (χ0v) is 19.1. The number of nitrogens with one attached hydrogen (secondary N) is 1. The van der Waals surface area contributed by atoms with Crippen molar-refractivity contribution >= 4 is 50.5 Å². The van der Waals surface area contributed by atoms with Crippen LogP contribution in [0.4, 0.5) is 11.4 Å². The number of para-hydroxylation sites is 1. The van der Waals surface area contributed by atoms with Gasteiger partial charge < -0.3 is 10.1 Å². The fourth-order valence-corrected chi connectivity index (χ4v) is 4.82. The summed E-state index contributed by atoms with van der Waals surface area (Å²) in [6, 6.07) is 17.7. The van der Waals surface area contributed by atoms with Gasteiger partial charge >= 0.3 is 0 Å². The predicted molar refractivity (Wildman–Crippen MR) is 124 cm³/mol. The number of hydrogen-bond donors (Lipinski definition) is 1. The summed E-state index contributed by atoms with van der Waals surface area (Å²) < 4.78 is 33.2. The molecule has 3 rings (SSSR count). The molecule has 162 valence electrons. The lowest BCUT2D eigenvalue weighted by atomic mass is 10.2. The third-order valence-corrected chi connectivity index (χ3v) is 7.10. The molecule has 0 bridgehead atoms. The van der Waals surface area contributed by atoms with Crippen LogP contribution in [-0.4, -0.2) is 28.0 Å². The highest BCUT2D eigenvalue weighted by atomic mass is 35.5. The molecule has 0 saturated carbocycles. The van der Waals surface area contributed by atoms with Crippen LogP contribution < -0.4 is 14.4 Å². The third-order valence-electron chi connectivity index (χ3n) is 4.51. The van der Waals surface area contributed by atoms with E-state index in [0.29, 0.717) is 22.7 Å². The summed E-state index contributed by atoms with van der Waals surface area (Å²) in [7, 11) is -2.54. The molecule has 6 nitrogen and oxygen atoms in total. The molecule has 0 saturated heterocycles. The van der Waals surface area contributed by atoms with E-state index in [4.69, 9.17) is 27.9 Å². The molecule has 1 amide bonds. The molecule has 0 unspecified atom stereocenters. The van der Waals surface area contributed by atoms with Gasteiger partial charge in [0.15, 0.2) is 0 Å². The lowest BCUT2D eigenvalue weighted by Crippen LogP contribution is -2.38. The van der Waals surface area contributed by atoms with Crippen LogP contribution in [0.2, 0.25) is 10.0 Å². The number of amides is 1. The quantitative estimate of drug-likeness (QED) is 0.509. The van der Waals surface area contributed by atoms with Gasteiger partial charge in [0, 0.05) is 0 Å². The van der Waals surface area contributed by atoms with Gasteiger partial charge in [0.25, 0.3) is 10.0 Å². The molecule has 0 aliphatic heterocycles. The van der Waals surface area contributed by atoms with Crippen LogP contribution in [0.1, 0.15) is 5.56 Å². The molecular weight excluding hydrogens is 459 g/mol. The number of anilines is 2. The van der Waals surface area contributed by atoms with Crippen LogP contribution in [0.3, 0.4) is 0 Å². The molecule has 0 heterocycles. The molecule has 3 aromatic rings. The number of rotatable bonds is 7. The van der Waals surface area contributed by atoms with Crippen molar-refractivity contribution in [1.29, 1.82) is 0 Å². The number of carbonyl (C=O) groups is 1. The van der Waals surface area contributed by atoms with Gasteiger partial charge in [0.2, 0.25) is 5.91 Å². The Kier molecular flexibility index (Phi) is 7.10. The van der Waals surface area contributed by atoms with Crippen molar-refractivity contribution in [3.63, 3.8) is 0 Å². The van der Waals surface area contributed by atoms with Crippen LogP contribution in [-0.2, 0) is 14.8 Å². The van der Waals surface area contributed by atoms with Gasteiger partial charge in [-0.3, -0.25) is 9.10 Å². The maximum atomic E-state index is 13.5. The highest BCUT2D eigenvalue weighted by molar-refractivity contribution is 7.92. The van der Waals surface area contributed by atoms with Crippen LogP contribution in [0.5, 0.6) is 5.75 Å². The second kappa shape index (κ2) is 9.60. The average Bonchev–Trinajstić information content (AvgIpc) is 2.75. The Labute approximate surface area is 191 Å². The summed E-state index contributed by atoms with van der Waals surface area (Å²) >= 11 is 12.1. The van der Waals surface area contributed by atoms with Gasteiger partial charge in [-0.15, -0.1) is 0 Å². The monoisotopic (exact) mass is 478 g/mol. The Balaban J connectivity index is 1.96. The summed E-state index contributed by atoms with van der Waals surface area (Å²) in [5, 5.41) is 3.08. The van der Waals surface area contributed by atoms with Crippen molar-refractivity contribution in [2.75, 3.05) is 23.3 Å². The fourth-order valence-electron chi connectivity index (χ4n) is 2.97. The summed E-state index contributed by atoms with van der Waals surface area (Å²) in [5.41, 5.74) is 1.31. The summed E-state index contributed by atoms with van der Waals surface area (Å²) in [6.07, 6.45) is 0. The van der Waals surface area contributed by atoms with E-state index in [-0.39, 0.29) is 14.9 Å². The van der Waals surface area contributed by atoms with Gasteiger partial charge in [-0.2, -0.15) is 0 Å².